The maximum Gasteiger partial charge on any atom is 0.227 e. The Morgan fingerprint density at radius 3 is 1.89 bits per heavy atom. The molecule has 1 aromatic carbocycles. The molecule has 332 valence electrons. The van der Waals surface area contributed by atoms with E-state index in [4.69, 9.17) is 28.8 Å². The zero-order chi connectivity index (χ0) is 47.9. The molecule has 5 rings (SSSR count). The summed E-state index contributed by atoms with van der Waals surface area (Å²) in [4.78, 5) is 19.6. The van der Waals surface area contributed by atoms with E-state index in [9.17, 15) is 0 Å². The van der Waals surface area contributed by atoms with E-state index < -0.39 is 0 Å². The van der Waals surface area contributed by atoms with Crippen LogP contribution in [0.4, 0.5) is 0 Å². The van der Waals surface area contributed by atoms with Gasteiger partial charge in [-0.25, -0.2) is 19.9 Å². The Bertz CT molecular complexity index is 3050. The van der Waals surface area contributed by atoms with Crippen LogP contribution in [0.3, 0.4) is 0 Å². The van der Waals surface area contributed by atoms with Gasteiger partial charge in [-0.1, -0.05) is 137 Å². The quantitative estimate of drug-likeness (QED) is 0.0725. The zero-order valence-corrected chi connectivity index (χ0v) is 39.4. The fourth-order valence-corrected chi connectivity index (χ4v) is 7.51. The van der Waals surface area contributed by atoms with Crippen LogP contribution in [0.25, 0.3) is 93.0 Å². The highest BCUT2D eigenvalue weighted by Crippen LogP contribution is 2.39. The lowest BCUT2D eigenvalue weighted by molar-refractivity contribution is 0.542. The molecule has 4 aromatic heterocycles. The number of hydrogen-bond acceptors (Lipinski definition) is 6. The highest BCUT2D eigenvalue weighted by Gasteiger charge is 2.23. The van der Waals surface area contributed by atoms with Crippen LogP contribution in [0.5, 0.6) is 0 Å². The number of benzene rings is 1. The van der Waals surface area contributed by atoms with Crippen LogP contribution in [0.2, 0.25) is 0 Å². The Morgan fingerprint density at radius 1 is 0.636 bits per heavy atom. The van der Waals surface area contributed by atoms with Crippen molar-refractivity contribution in [2.24, 2.45) is 0 Å². The predicted octanol–water partition coefficient (Wildman–Crippen LogP) is 16.6. The van der Waals surface area contributed by atoms with Gasteiger partial charge in [0.1, 0.15) is 17.0 Å². The van der Waals surface area contributed by atoms with Gasteiger partial charge < -0.3 is 13.4 Å². The van der Waals surface area contributed by atoms with E-state index in [1.807, 2.05) is 151 Å². The van der Waals surface area contributed by atoms with Crippen LogP contribution >= 0.6 is 0 Å². The fraction of sp³-hybridized carbons (Fsp3) is 0.119. The van der Waals surface area contributed by atoms with Gasteiger partial charge in [0.25, 0.3) is 0 Å². The number of allylic oxidation sites excluding steroid dienone is 20. The summed E-state index contributed by atoms with van der Waals surface area (Å²) in [5.74, 6) is 3.34. The number of furan rings is 1. The summed E-state index contributed by atoms with van der Waals surface area (Å²) >= 11 is 0. The third kappa shape index (κ3) is 10.1. The number of aromatic nitrogens is 5. The molecule has 4 heterocycles. The molecular formula is C59H59N5O2. The summed E-state index contributed by atoms with van der Waals surface area (Å²) in [5, 5.41) is 0. The van der Waals surface area contributed by atoms with Gasteiger partial charge in [0.15, 0.2) is 23.1 Å². The van der Waals surface area contributed by atoms with Gasteiger partial charge in [-0.05, 0) is 109 Å². The topological polar surface area (TPSA) is 82.8 Å². The Balaban J connectivity index is 1.65. The molecule has 0 unspecified atom stereocenters. The van der Waals surface area contributed by atoms with Gasteiger partial charge >= 0.3 is 0 Å². The number of hydrogen-bond donors (Lipinski definition) is 0. The van der Waals surface area contributed by atoms with Crippen molar-refractivity contribution >= 4 is 81.6 Å². The monoisotopic (exact) mass is 869 g/mol. The van der Waals surface area contributed by atoms with E-state index in [-0.39, 0.29) is 0 Å². The first-order valence-corrected chi connectivity index (χ1v) is 21.7. The largest absolute Gasteiger partial charge is 0.455 e. The molecule has 0 aliphatic heterocycles. The summed E-state index contributed by atoms with van der Waals surface area (Å²) < 4.78 is 15.1. The SMILES string of the molecule is C=C/C=C\C(=C/C)c1nc(/C(C=C)=C/C=C\C)nc(-c2ccc3nc(C(=C/C)/C=C(\C=C)n4c(C=C)c(/C=C\C)c(/C=C(C)/C(=C/C)c5oc(/C=C\C)c(C=C)c5C=C)c4C=C)oc3c2)n1. The minimum absolute atomic E-state index is 0.428. The number of fused-ring (bicyclic) bond motifs is 1. The van der Waals surface area contributed by atoms with Crippen LogP contribution in [-0.4, -0.2) is 24.5 Å². The minimum atomic E-state index is 0.428. The maximum absolute atomic E-state index is 6.53. The fourth-order valence-electron chi connectivity index (χ4n) is 7.51. The Kier molecular flexibility index (Phi) is 17.0. The first-order valence-electron chi connectivity index (χ1n) is 21.7. The Labute approximate surface area is 390 Å². The maximum atomic E-state index is 6.53. The molecule has 0 aliphatic carbocycles. The molecule has 0 atom stereocenters. The third-order valence-corrected chi connectivity index (χ3v) is 10.6. The van der Waals surface area contributed by atoms with Crippen LogP contribution in [-0.2, 0) is 0 Å². The molecule has 7 nitrogen and oxygen atoms in total. The van der Waals surface area contributed by atoms with E-state index in [1.54, 1.807) is 18.2 Å². The lowest BCUT2D eigenvalue weighted by atomic mass is 9.96. The molecule has 0 amide bonds. The van der Waals surface area contributed by atoms with Crippen molar-refractivity contribution in [3.8, 4) is 11.4 Å². The first-order chi connectivity index (χ1) is 32.1. The molecule has 66 heavy (non-hydrogen) atoms. The second kappa shape index (κ2) is 23.0. The van der Waals surface area contributed by atoms with E-state index in [2.05, 4.69) is 75.8 Å². The highest BCUT2D eigenvalue weighted by atomic mass is 16.3. The molecule has 0 spiro atoms. The van der Waals surface area contributed by atoms with Crippen molar-refractivity contribution in [1.82, 2.24) is 24.5 Å². The second-order valence-electron chi connectivity index (χ2n) is 14.6. The molecular weight excluding hydrogens is 811 g/mol. The van der Waals surface area contributed by atoms with E-state index >= 15 is 0 Å². The lowest BCUT2D eigenvalue weighted by Crippen LogP contribution is -2.04. The molecule has 0 radical (unpaired) electrons. The van der Waals surface area contributed by atoms with Gasteiger partial charge in [0.2, 0.25) is 5.89 Å². The van der Waals surface area contributed by atoms with Gasteiger partial charge in [-0.15, -0.1) is 0 Å². The average Bonchev–Trinajstić information content (AvgIpc) is 4.01. The van der Waals surface area contributed by atoms with Gasteiger partial charge in [0.05, 0.1) is 11.4 Å². The summed E-state index contributed by atoms with van der Waals surface area (Å²) in [7, 11) is 0. The van der Waals surface area contributed by atoms with Crippen LogP contribution < -0.4 is 0 Å². The Hall–Kier alpha value is -8.16. The second-order valence-corrected chi connectivity index (χ2v) is 14.6. The molecule has 0 aliphatic rings. The zero-order valence-electron chi connectivity index (χ0n) is 39.4. The normalized spacial score (nSPS) is 13.5. The highest BCUT2D eigenvalue weighted by molar-refractivity contribution is 5.93. The number of oxazole rings is 1. The lowest BCUT2D eigenvalue weighted by Gasteiger charge is -2.12. The standard InChI is InChI=1S/C59H59N5O2/c1-15-28-32-40(19-5)56-61-57(41(20-6)33-29-16-2)63-58(62-56)43-34-35-50-54(38-43)66-59(60-50)42(21-7)37-44(22-8)64-51(26-12)48(30-17-3)49(52(64)27-13)36-39(14)45(23-9)55-47(25-11)46(24-10)53(65-55)31-18-4/h15-38H,1,6,8,10-13H2,2-5,7,9,14H3/b29-16-,30-17-,31-18-,32-28-,39-36+,40-19+,41-33+,42-21+,44-37+,45-23-. The van der Waals surface area contributed by atoms with Gasteiger partial charge in [0, 0.05) is 55.8 Å². The number of nitrogens with zero attached hydrogens (tertiary/aromatic N) is 5. The van der Waals surface area contributed by atoms with Crippen molar-refractivity contribution in [1.29, 1.82) is 0 Å². The predicted molar refractivity (Wildman–Crippen MR) is 287 cm³/mol. The van der Waals surface area contributed by atoms with E-state index in [0.29, 0.717) is 34.5 Å². The molecule has 5 aromatic rings. The smallest absolute Gasteiger partial charge is 0.227 e. The van der Waals surface area contributed by atoms with Crippen molar-refractivity contribution in [2.45, 2.75) is 48.5 Å². The van der Waals surface area contributed by atoms with Crippen LogP contribution in [0.15, 0.2) is 164 Å². The summed E-state index contributed by atoms with van der Waals surface area (Å²) in [6.45, 7) is 42.7. The van der Waals surface area contributed by atoms with Crippen molar-refractivity contribution < 1.29 is 8.83 Å². The van der Waals surface area contributed by atoms with Crippen molar-refractivity contribution in [2.75, 3.05) is 0 Å². The molecule has 0 saturated carbocycles. The summed E-state index contributed by atoms with van der Waals surface area (Å²) in [5.41, 5.74) is 12.3. The molecule has 7 heteroatoms. The average molecular weight is 870 g/mol. The first kappa shape index (κ1) is 48.9. The third-order valence-electron chi connectivity index (χ3n) is 10.6. The summed E-state index contributed by atoms with van der Waals surface area (Å²) in [6, 6.07) is 5.75. The minimum Gasteiger partial charge on any atom is -0.455 e. The Morgan fingerprint density at radius 2 is 1.32 bits per heavy atom. The molecule has 0 N–H and O–H groups in total. The van der Waals surface area contributed by atoms with Gasteiger partial charge in [-0.2, -0.15) is 0 Å². The summed E-state index contributed by atoms with van der Waals surface area (Å²) in [6.07, 6.45) is 40.2. The van der Waals surface area contributed by atoms with Crippen LogP contribution in [0.1, 0.15) is 111 Å². The van der Waals surface area contributed by atoms with E-state index in [1.165, 1.54) is 0 Å². The molecule has 0 bridgehead atoms. The van der Waals surface area contributed by atoms with E-state index in [0.717, 1.165) is 84.3 Å². The van der Waals surface area contributed by atoms with Crippen molar-refractivity contribution in [3.05, 3.63) is 218 Å². The molecule has 0 fully saturated rings. The van der Waals surface area contributed by atoms with Crippen LogP contribution in [0, 0.1) is 0 Å². The molecule has 0 saturated heterocycles. The van der Waals surface area contributed by atoms with Crippen molar-refractivity contribution in [3.63, 3.8) is 0 Å². The number of rotatable bonds is 20. The van der Waals surface area contributed by atoms with Gasteiger partial charge in [-0.3, -0.25) is 0 Å².